The molecule has 2 unspecified atom stereocenters. The number of aliphatic hydroxyl groups is 1. The second-order valence-electron chi connectivity index (χ2n) is 6.46. The number of unbranched alkanes of at least 4 members (excludes halogenated alkanes) is 2. The van der Waals surface area contributed by atoms with Gasteiger partial charge < -0.3 is 5.11 Å². The van der Waals surface area contributed by atoms with Crippen molar-refractivity contribution in [1.82, 2.24) is 4.98 Å². The fourth-order valence-electron chi connectivity index (χ4n) is 2.58. The molecule has 26 heavy (non-hydrogen) atoms. The zero-order chi connectivity index (χ0) is 19.7. The molecule has 1 aromatic carbocycles. The average Bonchev–Trinajstić information content (AvgIpc) is 2.60. The largest absolute Gasteiger partial charge is 0.414 e. The first-order valence-electron chi connectivity index (χ1n) is 8.71. The van der Waals surface area contributed by atoms with Crippen LogP contribution in [0.4, 0.5) is 13.2 Å². The number of alkyl halides is 3. The lowest BCUT2D eigenvalue weighted by Gasteiger charge is -2.21. The second kappa shape index (κ2) is 10.1. The maximum atomic E-state index is 12.0. The van der Waals surface area contributed by atoms with Crippen LogP contribution in [0.5, 0.6) is 0 Å². The van der Waals surface area contributed by atoms with Gasteiger partial charge in [-0.15, -0.1) is 0 Å². The Bertz CT molecular complexity index is 738. The number of aryl methyl sites for hydroxylation is 1. The highest BCUT2D eigenvalue weighted by Crippen LogP contribution is 2.28. The third-order valence-electron chi connectivity index (χ3n) is 4.16. The van der Waals surface area contributed by atoms with Crippen molar-refractivity contribution in [1.29, 1.82) is 5.26 Å². The van der Waals surface area contributed by atoms with Crippen molar-refractivity contribution in [3.63, 3.8) is 0 Å². The van der Waals surface area contributed by atoms with Crippen molar-refractivity contribution in [3.05, 3.63) is 41.7 Å². The first-order valence-corrected chi connectivity index (χ1v) is 8.71. The Morgan fingerprint density at radius 1 is 1.23 bits per heavy atom. The summed E-state index contributed by atoms with van der Waals surface area (Å²) in [5, 5.41) is 19.6. The maximum Gasteiger partial charge on any atom is 0.414 e. The van der Waals surface area contributed by atoms with Crippen molar-refractivity contribution in [2.75, 3.05) is 0 Å². The van der Waals surface area contributed by atoms with Crippen LogP contribution in [0, 0.1) is 24.2 Å². The van der Waals surface area contributed by atoms with Crippen LogP contribution >= 0.6 is 0 Å². The van der Waals surface area contributed by atoms with E-state index in [0.29, 0.717) is 12.1 Å². The maximum absolute atomic E-state index is 12.0. The molecule has 2 rings (SSSR count). The number of aliphatic hydroxyl groups excluding tert-OH is 1. The molecule has 0 bridgehead atoms. The monoisotopic (exact) mass is 366 g/mol. The molecule has 0 aliphatic rings. The third kappa shape index (κ3) is 6.64. The van der Waals surface area contributed by atoms with Gasteiger partial charge in [-0.25, -0.2) is 4.98 Å². The molecule has 0 spiro atoms. The van der Waals surface area contributed by atoms with Gasteiger partial charge in [0.05, 0.1) is 0 Å². The van der Waals surface area contributed by atoms with Crippen LogP contribution in [-0.2, 0) is 0 Å². The summed E-state index contributed by atoms with van der Waals surface area (Å²) in [7, 11) is 0. The van der Waals surface area contributed by atoms with Crippen LogP contribution < -0.4 is 0 Å². The Kier molecular flexibility index (Phi) is 8.53. The van der Waals surface area contributed by atoms with Gasteiger partial charge in [-0.1, -0.05) is 56.9 Å². The number of aromatic nitrogens is 1. The Labute approximate surface area is 152 Å². The predicted octanol–water partition coefficient (Wildman–Crippen LogP) is 5.54. The molecule has 6 heteroatoms. The summed E-state index contributed by atoms with van der Waals surface area (Å²) in [4.78, 5) is 3.99. The number of halogens is 3. The van der Waals surface area contributed by atoms with E-state index in [9.17, 15) is 13.2 Å². The lowest BCUT2D eigenvalue weighted by Crippen LogP contribution is -2.34. The summed E-state index contributed by atoms with van der Waals surface area (Å²) in [6.07, 6.45) is -1.86. The molecule has 0 radical (unpaired) electrons. The summed E-state index contributed by atoms with van der Waals surface area (Å²) in [5.41, 5.74) is 1.69. The van der Waals surface area contributed by atoms with Gasteiger partial charge in [-0.3, -0.25) is 0 Å². The highest BCUT2D eigenvalue weighted by molar-refractivity contribution is 5.86. The summed E-state index contributed by atoms with van der Waals surface area (Å²) in [5.74, 6) is -0.688. The number of nitrogens with zero attached hydrogens (tertiary/aromatic N) is 2. The number of pyridine rings is 1. The minimum absolute atomic E-state index is 0.439. The molecule has 1 N–H and O–H groups in total. The minimum atomic E-state index is -4.47. The first-order chi connectivity index (χ1) is 12.2. The van der Waals surface area contributed by atoms with Crippen LogP contribution in [0.3, 0.4) is 0 Å². The van der Waals surface area contributed by atoms with Crippen molar-refractivity contribution in [3.8, 4) is 6.07 Å². The smallest absolute Gasteiger partial charge is 0.383 e. The van der Waals surface area contributed by atoms with Crippen LogP contribution in [0.1, 0.15) is 50.8 Å². The van der Waals surface area contributed by atoms with E-state index < -0.39 is 18.2 Å². The molecule has 142 valence electrons. The van der Waals surface area contributed by atoms with E-state index in [4.69, 9.17) is 10.4 Å². The molecule has 3 nitrogen and oxygen atoms in total. The third-order valence-corrected chi connectivity index (χ3v) is 4.16. The Morgan fingerprint density at radius 2 is 1.92 bits per heavy atom. The molecule has 1 aromatic heterocycles. The second-order valence-corrected chi connectivity index (χ2v) is 6.46. The normalized spacial score (nSPS) is 13.5. The van der Waals surface area contributed by atoms with Gasteiger partial charge in [0.25, 0.3) is 0 Å². The molecule has 2 atom stereocenters. The molecular formula is C20H25F3N2O. The number of fused-ring (bicyclic) bond motifs is 1. The Hall–Kier alpha value is -2.13. The van der Waals surface area contributed by atoms with Crippen molar-refractivity contribution in [2.24, 2.45) is 5.92 Å². The summed E-state index contributed by atoms with van der Waals surface area (Å²) in [6.45, 7) is 5.46. The summed E-state index contributed by atoms with van der Waals surface area (Å²) < 4.78 is 35.9. The molecule has 0 aliphatic carbocycles. The highest BCUT2D eigenvalue weighted by atomic mass is 19.4. The van der Waals surface area contributed by atoms with Gasteiger partial charge in [-0.05, 0) is 30.7 Å². The molecular weight excluding hydrogens is 341 g/mol. The lowest BCUT2D eigenvalue weighted by atomic mass is 9.97. The van der Waals surface area contributed by atoms with Gasteiger partial charge in [0.2, 0.25) is 0 Å². The molecule has 0 aliphatic heterocycles. The van der Waals surface area contributed by atoms with Crippen LogP contribution in [-0.4, -0.2) is 22.4 Å². The van der Waals surface area contributed by atoms with E-state index in [2.05, 4.69) is 17.1 Å². The quantitative estimate of drug-likeness (QED) is 0.707. The van der Waals surface area contributed by atoms with Crippen LogP contribution in [0.15, 0.2) is 30.5 Å². The van der Waals surface area contributed by atoms with Gasteiger partial charge in [0.1, 0.15) is 11.8 Å². The van der Waals surface area contributed by atoms with Crippen LogP contribution in [0.25, 0.3) is 10.8 Å². The fourth-order valence-corrected chi connectivity index (χ4v) is 2.58. The number of hydrogen-bond acceptors (Lipinski definition) is 3. The number of rotatable bonds is 5. The van der Waals surface area contributed by atoms with Gasteiger partial charge in [-0.2, -0.15) is 18.4 Å². The summed E-state index contributed by atoms with van der Waals surface area (Å²) >= 11 is 0. The first kappa shape index (κ1) is 21.9. The molecule has 2 aromatic rings. The van der Waals surface area contributed by atoms with E-state index in [0.717, 1.165) is 30.0 Å². The van der Waals surface area contributed by atoms with Gasteiger partial charge >= 0.3 is 6.18 Å². The van der Waals surface area contributed by atoms with Crippen molar-refractivity contribution in [2.45, 2.75) is 58.7 Å². The van der Waals surface area contributed by atoms with E-state index in [1.807, 2.05) is 32.0 Å². The minimum Gasteiger partial charge on any atom is -0.383 e. The predicted molar refractivity (Wildman–Crippen MR) is 96.6 cm³/mol. The topological polar surface area (TPSA) is 56.9 Å². The number of hydrogen-bond donors (Lipinski definition) is 1. The average molecular weight is 366 g/mol. The molecule has 0 fully saturated rings. The molecule has 1 heterocycles. The Balaban J connectivity index is 0.000000260. The lowest BCUT2D eigenvalue weighted by molar-refractivity contribution is -0.218. The standard InChI is InChI=1S/C11H8N2.C9H17F3O/c1-8-2-3-10-9(6-8)4-5-13-11(10)7-12;1-3-4-5-6-7(2)8(13)9(10,11)12/h2-6H,1H3;7-8,13H,3-6H2,1-2H3. The van der Waals surface area contributed by atoms with E-state index in [1.54, 1.807) is 6.20 Å². The zero-order valence-electron chi connectivity index (χ0n) is 15.3. The van der Waals surface area contributed by atoms with Gasteiger partial charge in [0, 0.05) is 11.6 Å². The summed E-state index contributed by atoms with van der Waals surface area (Å²) in [6, 6.07) is 9.98. The van der Waals surface area contributed by atoms with Crippen LogP contribution in [0.2, 0.25) is 0 Å². The van der Waals surface area contributed by atoms with E-state index >= 15 is 0 Å². The molecule has 0 saturated carbocycles. The number of nitriles is 1. The van der Waals surface area contributed by atoms with E-state index in [-0.39, 0.29) is 0 Å². The zero-order valence-corrected chi connectivity index (χ0v) is 15.3. The van der Waals surface area contributed by atoms with Gasteiger partial charge in [0.15, 0.2) is 6.10 Å². The van der Waals surface area contributed by atoms with E-state index in [1.165, 1.54) is 12.5 Å². The highest BCUT2D eigenvalue weighted by Gasteiger charge is 2.41. The van der Waals surface area contributed by atoms with Crippen molar-refractivity contribution >= 4 is 10.8 Å². The SMILES string of the molecule is CCCCCC(C)C(O)C(F)(F)F.Cc1ccc2c(C#N)nccc2c1. The number of benzene rings is 1. The molecule has 0 saturated heterocycles. The fraction of sp³-hybridized carbons (Fsp3) is 0.500. The van der Waals surface area contributed by atoms with Crippen molar-refractivity contribution < 1.29 is 18.3 Å². The Morgan fingerprint density at radius 3 is 2.50 bits per heavy atom. The molecule has 0 amide bonds.